The molecule has 1 aromatic heterocycles. The van der Waals surface area contributed by atoms with Gasteiger partial charge in [-0.3, -0.25) is 4.79 Å². The number of hydrogen-bond donors (Lipinski definition) is 1. The molecule has 0 unspecified atom stereocenters. The number of carbonyl (C=O) groups excluding carboxylic acids is 1. The predicted octanol–water partition coefficient (Wildman–Crippen LogP) is 2.60. The molecule has 136 valence electrons. The molecular formula is C17H25N5O2S. The Labute approximate surface area is 152 Å². The topological polar surface area (TPSA) is 84.1 Å². The molecule has 0 atom stereocenters. The molecule has 2 aromatic rings. The van der Waals surface area contributed by atoms with Crippen molar-refractivity contribution in [1.29, 1.82) is 0 Å². The lowest BCUT2D eigenvalue weighted by atomic mass is 10.1. The van der Waals surface area contributed by atoms with Crippen molar-refractivity contribution in [1.82, 2.24) is 25.1 Å². The van der Waals surface area contributed by atoms with Gasteiger partial charge in [-0.2, -0.15) is 4.68 Å². The zero-order chi connectivity index (χ0) is 18.4. The molecule has 0 fully saturated rings. The first-order chi connectivity index (χ1) is 11.9. The van der Waals surface area contributed by atoms with Crippen LogP contribution in [0.3, 0.4) is 0 Å². The maximum Gasteiger partial charge on any atom is 0.233 e. The van der Waals surface area contributed by atoms with Crippen molar-refractivity contribution >= 4 is 17.7 Å². The number of carbonyl (C=O) groups is 1. The summed E-state index contributed by atoms with van der Waals surface area (Å²) in [5.41, 5.74) is 0.735. The first kappa shape index (κ1) is 19.2. The van der Waals surface area contributed by atoms with Gasteiger partial charge in [-0.15, -0.1) is 5.10 Å². The Morgan fingerprint density at radius 1 is 1.16 bits per heavy atom. The number of aromatic hydroxyl groups is 1. The monoisotopic (exact) mass is 363 g/mol. The van der Waals surface area contributed by atoms with Gasteiger partial charge in [0.25, 0.3) is 0 Å². The van der Waals surface area contributed by atoms with Crippen LogP contribution >= 0.6 is 11.8 Å². The molecule has 0 spiro atoms. The normalized spacial score (nSPS) is 11.3. The van der Waals surface area contributed by atoms with Crippen LogP contribution in [0, 0.1) is 11.8 Å². The molecule has 1 aromatic carbocycles. The molecule has 0 aliphatic carbocycles. The van der Waals surface area contributed by atoms with Crippen LogP contribution in [0.25, 0.3) is 5.69 Å². The van der Waals surface area contributed by atoms with Crippen molar-refractivity contribution in [2.75, 3.05) is 18.8 Å². The van der Waals surface area contributed by atoms with E-state index in [1.54, 1.807) is 28.9 Å². The number of rotatable bonds is 8. The summed E-state index contributed by atoms with van der Waals surface area (Å²) in [5, 5.41) is 21.6. The number of benzene rings is 1. The Morgan fingerprint density at radius 3 is 2.32 bits per heavy atom. The molecule has 1 heterocycles. The van der Waals surface area contributed by atoms with Gasteiger partial charge in [0.05, 0.1) is 11.4 Å². The van der Waals surface area contributed by atoms with Crippen LogP contribution in [0.1, 0.15) is 27.7 Å². The molecule has 1 N–H and O–H groups in total. The lowest BCUT2D eigenvalue weighted by Gasteiger charge is -2.26. The van der Waals surface area contributed by atoms with Gasteiger partial charge in [0.1, 0.15) is 5.75 Å². The Balaban J connectivity index is 2.04. The van der Waals surface area contributed by atoms with Crippen LogP contribution < -0.4 is 0 Å². The first-order valence-corrected chi connectivity index (χ1v) is 9.33. The van der Waals surface area contributed by atoms with E-state index in [9.17, 15) is 9.90 Å². The highest BCUT2D eigenvalue weighted by molar-refractivity contribution is 7.99. The molecule has 0 saturated heterocycles. The summed E-state index contributed by atoms with van der Waals surface area (Å²) >= 11 is 1.32. The van der Waals surface area contributed by atoms with Crippen LogP contribution in [-0.2, 0) is 4.79 Å². The second-order valence-corrected chi connectivity index (χ2v) is 7.71. The van der Waals surface area contributed by atoms with Crippen molar-refractivity contribution in [3.8, 4) is 11.4 Å². The largest absolute Gasteiger partial charge is 0.508 e. The Morgan fingerprint density at radius 2 is 1.76 bits per heavy atom. The van der Waals surface area contributed by atoms with Crippen LogP contribution in [0.5, 0.6) is 5.75 Å². The minimum Gasteiger partial charge on any atom is -0.508 e. The number of aromatic nitrogens is 4. The second kappa shape index (κ2) is 8.84. The van der Waals surface area contributed by atoms with E-state index in [4.69, 9.17) is 0 Å². The summed E-state index contributed by atoms with van der Waals surface area (Å²) < 4.78 is 1.56. The van der Waals surface area contributed by atoms with E-state index in [0.717, 1.165) is 18.8 Å². The molecule has 1 amide bonds. The second-order valence-electron chi connectivity index (χ2n) is 6.76. The highest BCUT2D eigenvalue weighted by Crippen LogP contribution is 2.20. The van der Waals surface area contributed by atoms with E-state index >= 15 is 0 Å². The van der Waals surface area contributed by atoms with Gasteiger partial charge in [-0.25, -0.2) is 0 Å². The molecular weight excluding hydrogens is 338 g/mol. The molecule has 0 bridgehead atoms. The fraction of sp³-hybridized carbons (Fsp3) is 0.529. The zero-order valence-electron chi connectivity index (χ0n) is 15.1. The number of phenolic OH excluding ortho intramolecular Hbond substituents is 1. The Hall–Kier alpha value is -2.09. The average molecular weight is 363 g/mol. The summed E-state index contributed by atoms with van der Waals surface area (Å²) in [7, 11) is 0. The molecule has 25 heavy (non-hydrogen) atoms. The van der Waals surface area contributed by atoms with Crippen LogP contribution in [0.15, 0.2) is 29.4 Å². The van der Waals surface area contributed by atoms with Gasteiger partial charge >= 0.3 is 0 Å². The molecule has 0 aliphatic rings. The summed E-state index contributed by atoms with van der Waals surface area (Å²) in [6.45, 7) is 9.94. The Bertz CT molecular complexity index is 675. The fourth-order valence-electron chi connectivity index (χ4n) is 2.40. The predicted molar refractivity (Wildman–Crippen MR) is 97.8 cm³/mol. The molecule has 0 saturated carbocycles. The van der Waals surface area contributed by atoms with Crippen LogP contribution in [-0.4, -0.2) is 55.0 Å². The molecule has 8 heteroatoms. The number of thioether (sulfide) groups is 1. The molecule has 0 aliphatic heterocycles. The highest BCUT2D eigenvalue weighted by atomic mass is 32.2. The summed E-state index contributed by atoms with van der Waals surface area (Å²) in [6.07, 6.45) is 0. The third-order valence-corrected chi connectivity index (χ3v) is 4.29. The average Bonchev–Trinajstić information content (AvgIpc) is 3.00. The van der Waals surface area contributed by atoms with E-state index in [2.05, 4.69) is 43.2 Å². The van der Waals surface area contributed by atoms with Crippen molar-refractivity contribution in [2.24, 2.45) is 11.8 Å². The smallest absolute Gasteiger partial charge is 0.233 e. The fourth-order valence-corrected chi connectivity index (χ4v) is 3.20. The number of phenols is 1. The summed E-state index contributed by atoms with van der Waals surface area (Å²) in [6, 6.07) is 6.59. The molecule has 2 rings (SSSR count). The van der Waals surface area contributed by atoms with Gasteiger partial charge in [0, 0.05) is 13.1 Å². The van der Waals surface area contributed by atoms with E-state index < -0.39 is 0 Å². The van der Waals surface area contributed by atoms with Crippen LogP contribution in [0.4, 0.5) is 0 Å². The van der Waals surface area contributed by atoms with Crippen molar-refractivity contribution < 1.29 is 9.90 Å². The first-order valence-electron chi connectivity index (χ1n) is 8.35. The third-order valence-electron chi connectivity index (χ3n) is 3.38. The molecule has 7 nitrogen and oxygen atoms in total. The van der Waals surface area contributed by atoms with Crippen molar-refractivity contribution in [3.63, 3.8) is 0 Å². The van der Waals surface area contributed by atoms with Gasteiger partial charge in [-0.05, 0) is 46.5 Å². The van der Waals surface area contributed by atoms with E-state index in [0.29, 0.717) is 17.0 Å². The number of nitrogens with zero attached hydrogens (tertiary/aromatic N) is 5. The third kappa shape index (κ3) is 5.74. The summed E-state index contributed by atoms with van der Waals surface area (Å²) in [5.74, 6) is 1.41. The van der Waals surface area contributed by atoms with Crippen LogP contribution in [0.2, 0.25) is 0 Å². The lowest BCUT2D eigenvalue weighted by Crippen LogP contribution is -2.38. The number of hydrogen-bond acceptors (Lipinski definition) is 6. The highest BCUT2D eigenvalue weighted by Gasteiger charge is 2.18. The number of tetrazole rings is 1. The Kier molecular flexibility index (Phi) is 6.81. The van der Waals surface area contributed by atoms with E-state index in [1.807, 2.05) is 4.90 Å². The quantitative estimate of drug-likeness (QED) is 0.726. The minimum absolute atomic E-state index is 0.0904. The zero-order valence-corrected chi connectivity index (χ0v) is 15.9. The SMILES string of the molecule is CC(C)CN(CC(C)C)C(=O)CSc1nnnn1-c1ccc(O)cc1. The van der Waals surface area contributed by atoms with E-state index in [-0.39, 0.29) is 17.4 Å². The minimum atomic E-state index is 0.0904. The van der Waals surface area contributed by atoms with Gasteiger partial charge < -0.3 is 10.0 Å². The van der Waals surface area contributed by atoms with Gasteiger partial charge in [0.15, 0.2) is 0 Å². The summed E-state index contributed by atoms with van der Waals surface area (Å²) in [4.78, 5) is 14.5. The van der Waals surface area contributed by atoms with E-state index in [1.165, 1.54) is 11.8 Å². The lowest BCUT2D eigenvalue weighted by molar-refractivity contribution is -0.129. The maximum atomic E-state index is 12.6. The number of amides is 1. The molecule has 0 radical (unpaired) electrons. The van der Waals surface area contributed by atoms with Gasteiger partial charge in [-0.1, -0.05) is 39.5 Å². The van der Waals surface area contributed by atoms with Gasteiger partial charge in [0.2, 0.25) is 11.1 Å². The van der Waals surface area contributed by atoms with Crippen molar-refractivity contribution in [2.45, 2.75) is 32.9 Å². The standard InChI is InChI=1S/C17H25N5O2S/c1-12(2)9-21(10-13(3)4)16(24)11-25-17-18-19-20-22(17)14-5-7-15(23)8-6-14/h5-8,12-13,23H,9-11H2,1-4H3. The van der Waals surface area contributed by atoms with Crippen molar-refractivity contribution in [3.05, 3.63) is 24.3 Å². The maximum absolute atomic E-state index is 12.6.